The summed E-state index contributed by atoms with van der Waals surface area (Å²) in [6, 6.07) is 28.2. The molecule has 0 bridgehead atoms. The van der Waals surface area contributed by atoms with Crippen LogP contribution in [0.4, 0.5) is 0 Å². The third kappa shape index (κ3) is 2.73. The normalized spacial score (nSPS) is 10.6. The molecule has 0 atom stereocenters. The van der Waals surface area contributed by atoms with E-state index in [0.29, 0.717) is 0 Å². The average Bonchev–Trinajstić information content (AvgIpc) is 2.62. The molecule has 23 heavy (non-hydrogen) atoms. The van der Waals surface area contributed by atoms with Crippen molar-refractivity contribution in [1.29, 1.82) is 0 Å². The van der Waals surface area contributed by atoms with Crippen LogP contribution >= 0.6 is 0 Å². The highest BCUT2D eigenvalue weighted by atomic mass is 16.6. The summed E-state index contributed by atoms with van der Waals surface area (Å²) in [5, 5.41) is 4.41. The Balaban J connectivity index is 1.55. The summed E-state index contributed by atoms with van der Waals surface area (Å²) in [7, 11) is 1.39. The standard InChI is InChI=1S/C20H14BO2/c1-3-11-17-15(7-1)9-5-13-19(17)22-21-23-20-14-6-10-16-8-2-4-12-18(16)20/h1-14H. The molecule has 0 N–H and O–H groups in total. The van der Waals surface area contributed by atoms with Crippen molar-refractivity contribution in [3.63, 3.8) is 0 Å². The zero-order chi connectivity index (χ0) is 15.5. The molecule has 1 radical (unpaired) electrons. The molecule has 109 valence electrons. The van der Waals surface area contributed by atoms with Crippen LogP contribution in [0.2, 0.25) is 0 Å². The van der Waals surface area contributed by atoms with E-state index < -0.39 is 0 Å². The maximum absolute atomic E-state index is 5.72. The van der Waals surface area contributed by atoms with E-state index in [9.17, 15) is 0 Å². The van der Waals surface area contributed by atoms with Crippen LogP contribution < -0.4 is 9.31 Å². The summed E-state index contributed by atoms with van der Waals surface area (Å²) in [6.07, 6.45) is 0. The van der Waals surface area contributed by atoms with Crippen LogP contribution in [-0.2, 0) is 0 Å². The molecular weight excluding hydrogens is 283 g/mol. The van der Waals surface area contributed by atoms with E-state index in [1.165, 1.54) is 7.69 Å². The van der Waals surface area contributed by atoms with Crippen molar-refractivity contribution < 1.29 is 9.31 Å². The average molecular weight is 297 g/mol. The van der Waals surface area contributed by atoms with E-state index in [4.69, 9.17) is 9.31 Å². The Labute approximate surface area is 135 Å². The van der Waals surface area contributed by atoms with Gasteiger partial charge in [0.2, 0.25) is 0 Å². The molecule has 0 aliphatic carbocycles. The van der Waals surface area contributed by atoms with E-state index in [2.05, 4.69) is 24.3 Å². The lowest BCUT2D eigenvalue weighted by atomic mass is 10.1. The molecule has 0 heterocycles. The van der Waals surface area contributed by atoms with Crippen molar-refractivity contribution in [2.45, 2.75) is 0 Å². The third-order valence-corrected chi connectivity index (χ3v) is 3.85. The number of hydrogen-bond donors (Lipinski definition) is 0. The Bertz CT molecular complexity index is 876. The first-order valence-corrected chi connectivity index (χ1v) is 7.52. The minimum Gasteiger partial charge on any atom is -0.526 e. The van der Waals surface area contributed by atoms with Crippen molar-refractivity contribution in [3.05, 3.63) is 84.9 Å². The van der Waals surface area contributed by atoms with E-state index in [0.717, 1.165) is 33.0 Å². The fraction of sp³-hybridized carbons (Fsp3) is 0. The molecular formula is C20H14BO2. The predicted octanol–water partition coefficient (Wildman–Crippen LogP) is 4.99. The molecule has 0 fully saturated rings. The molecule has 0 aliphatic rings. The SMILES string of the molecule is [B](Oc1cccc2ccccc12)Oc1cccc2ccccc12. The fourth-order valence-corrected chi connectivity index (χ4v) is 2.72. The van der Waals surface area contributed by atoms with Gasteiger partial charge in [-0.3, -0.25) is 0 Å². The molecule has 0 amide bonds. The van der Waals surface area contributed by atoms with E-state index in [1.807, 2.05) is 60.7 Å². The smallest absolute Gasteiger partial charge is 0.526 e. The van der Waals surface area contributed by atoms with Crippen molar-refractivity contribution in [2.24, 2.45) is 0 Å². The lowest BCUT2D eigenvalue weighted by Gasteiger charge is -2.10. The van der Waals surface area contributed by atoms with Crippen molar-refractivity contribution >= 4 is 29.2 Å². The van der Waals surface area contributed by atoms with Crippen LogP contribution in [0, 0.1) is 0 Å². The quantitative estimate of drug-likeness (QED) is 0.494. The van der Waals surface area contributed by atoms with Gasteiger partial charge in [0.05, 0.1) is 0 Å². The predicted molar refractivity (Wildman–Crippen MR) is 94.9 cm³/mol. The summed E-state index contributed by atoms with van der Waals surface area (Å²) in [5.41, 5.74) is 0. The van der Waals surface area contributed by atoms with E-state index in [-0.39, 0.29) is 0 Å². The fourth-order valence-electron chi connectivity index (χ4n) is 2.72. The van der Waals surface area contributed by atoms with Crippen LogP contribution in [0.3, 0.4) is 0 Å². The number of fused-ring (bicyclic) bond motifs is 2. The first-order chi connectivity index (χ1) is 11.4. The highest BCUT2D eigenvalue weighted by molar-refractivity contribution is 6.22. The molecule has 0 unspecified atom stereocenters. The Morgan fingerprint density at radius 2 is 0.913 bits per heavy atom. The van der Waals surface area contributed by atoms with Gasteiger partial charge in [0.1, 0.15) is 11.5 Å². The van der Waals surface area contributed by atoms with E-state index in [1.54, 1.807) is 0 Å². The van der Waals surface area contributed by atoms with Crippen molar-refractivity contribution in [3.8, 4) is 11.5 Å². The molecule has 4 rings (SSSR count). The van der Waals surface area contributed by atoms with E-state index >= 15 is 0 Å². The molecule has 4 aromatic carbocycles. The number of hydrogen-bond acceptors (Lipinski definition) is 2. The zero-order valence-electron chi connectivity index (χ0n) is 12.5. The summed E-state index contributed by atoms with van der Waals surface area (Å²) in [6.45, 7) is 0. The van der Waals surface area contributed by atoms with Gasteiger partial charge in [-0.15, -0.1) is 0 Å². The van der Waals surface area contributed by atoms with Crippen LogP contribution in [0.1, 0.15) is 0 Å². The molecule has 0 saturated heterocycles. The van der Waals surface area contributed by atoms with Crippen molar-refractivity contribution in [2.75, 3.05) is 0 Å². The summed E-state index contributed by atoms with van der Waals surface area (Å²) in [5.74, 6) is 1.56. The maximum Gasteiger partial charge on any atom is 0.658 e. The zero-order valence-corrected chi connectivity index (χ0v) is 12.5. The maximum atomic E-state index is 5.72. The third-order valence-electron chi connectivity index (χ3n) is 3.85. The lowest BCUT2D eigenvalue weighted by molar-refractivity contribution is 0.465. The van der Waals surface area contributed by atoms with Gasteiger partial charge in [-0.25, -0.2) is 0 Å². The lowest BCUT2D eigenvalue weighted by Crippen LogP contribution is -2.11. The van der Waals surface area contributed by atoms with Crippen LogP contribution in [0.15, 0.2) is 84.9 Å². The highest BCUT2D eigenvalue weighted by Crippen LogP contribution is 2.27. The highest BCUT2D eigenvalue weighted by Gasteiger charge is 2.07. The second-order valence-corrected chi connectivity index (χ2v) is 5.29. The van der Waals surface area contributed by atoms with Crippen LogP contribution in [0.25, 0.3) is 21.5 Å². The second kappa shape index (κ2) is 6.05. The molecule has 0 aliphatic heterocycles. The molecule has 0 spiro atoms. The van der Waals surface area contributed by atoms with Gasteiger partial charge >= 0.3 is 7.69 Å². The first-order valence-electron chi connectivity index (χ1n) is 7.52. The molecule has 3 heteroatoms. The Hall–Kier alpha value is -2.94. The van der Waals surface area contributed by atoms with Gasteiger partial charge in [0.15, 0.2) is 0 Å². The number of benzene rings is 4. The van der Waals surface area contributed by atoms with Gasteiger partial charge < -0.3 is 9.31 Å². The molecule has 0 aromatic heterocycles. The molecule has 4 aromatic rings. The summed E-state index contributed by atoms with van der Waals surface area (Å²) >= 11 is 0. The minimum absolute atomic E-state index is 0.781. The van der Waals surface area contributed by atoms with Crippen LogP contribution in [-0.4, -0.2) is 7.69 Å². The monoisotopic (exact) mass is 297 g/mol. The van der Waals surface area contributed by atoms with Gasteiger partial charge in [0, 0.05) is 10.8 Å². The molecule has 2 nitrogen and oxygen atoms in total. The van der Waals surface area contributed by atoms with Crippen LogP contribution in [0.5, 0.6) is 11.5 Å². The molecule has 0 saturated carbocycles. The minimum atomic E-state index is 0.781. The summed E-state index contributed by atoms with van der Waals surface area (Å²) < 4.78 is 11.4. The Morgan fingerprint density at radius 3 is 1.43 bits per heavy atom. The second-order valence-electron chi connectivity index (χ2n) is 5.29. The van der Waals surface area contributed by atoms with Gasteiger partial charge in [0.25, 0.3) is 0 Å². The van der Waals surface area contributed by atoms with Gasteiger partial charge in [-0.05, 0) is 22.9 Å². The first kappa shape index (κ1) is 13.7. The summed E-state index contributed by atoms with van der Waals surface area (Å²) in [4.78, 5) is 0. The van der Waals surface area contributed by atoms with Gasteiger partial charge in [-0.1, -0.05) is 72.8 Å². The Kier molecular flexibility index (Phi) is 3.61. The topological polar surface area (TPSA) is 18.5 Å². The van der Waals surface area contributed by atoms with Gasteiger partial charge in [-0.2, -0.15) is 0 Å². The van der Waals surface area contributed by atoms with Crippen molar-refractivity contribution in [1.82, 2.24) is 0 Å². The Morgan fingerprint density at radius 1 is 0.478 bits per heavy atom. The largest absolute Gasteiger partial charge is 0.658 e. The number of rotatable bonds is 4.